The molecule has 0 N–H and O–H groups in total. The van der Waals surface area contributed by atoms with Crippen LogP contribution in [0.2, 0.25) is 0 Å². The Labute approximate surface area is 155 Å². The first-order valence-corrected chi connectivity index (χ1v) is 8.94. The van der Waals surface area contributed by atoms with Crippen LogP contribution >= 0.6 is 0 Å². The average molecular weight is 362 g/mol. The first-order chi connectivity index (χ1) is 13.2. The topological polar surface area (TPSA) is 92.9 Å². The standard InChI is InChI=1S/C18H18N8O/c1-24-13-10-22-18(23-16(13)26(11-14(24)27)12-4-2-5-12)25-9-8-21-17(25)15-19-6-3-7-20-15/h3,6-10,12H,2,4-5,11H2,1H3. The summed E-state index contributed by atoms with van der Waals surface area (Å²) in [5.41, 5.74) is 0.736. The molecule has 1 saturated carbocycles. The molecule has 4 heterocycles. The maximum absolute atomic E-state index is 12.4. The van der Waals surface area contributed by atoms with E-state index in [2.05, 4.69) is 24.8 Å². The summed E-state index contributed by atoms with van der Waals surface area (Å²) in [5.74, 6) is 2.42. The Morgan fingerprint density at radius 2 is 1.89 bits per heavy atom. The fourth-order valence-corrected chi connectivity index (χ4v) is 3.43. The minimum Gasteiger partial charge on any atom is -0.342 e. The average Bonchev–Trinajstić information content (AvgIpc) is 3.14. The second-order valence-corrected chi connectivity index (χ2v) is 6.74. The van der Waals surface area contributed by atoms with E-state index in [1.807, 2.05) is 0 Å². The van der Waals surface area contributed by atoms with Crippen LogP contribution in [0.15, 0.2) is 37.1 Å². The number of hydrogen-bond donors (Lipinski definition) is 0. The number of aromatic nitrogens is 6. The number of amides is 1. The number of anilines is 2. The molecule has 0 bridgehead atoms. The summed E-state index contributed by atoms with van der Waals surface area (Å²) in [6.07, 6.45) is 11.9. The van der Waals surface area contributed by atoms with E-state index in [-0.39, 0.29) is 5.91 Å². The summed E-state index contributed by atoms with van der Waals surface area (Å²) in [7, 11) is 1.77. The van der Waals surface area contributed by atoms with Crippen molar-refractivity contribution in [3.05, 3.63) is 37.1 Å². The number of likely N-dealkylation sites (N-methyl/N-ethyl adjacent to an activating group) is 1. The molecule has 0 spiro atoms. The van der Waals surface area contributed by atoms with Gasteiger partial charge in [-0.3, -0.25) is 9.36 Å². The van der Waals surface area contributed by atoms with Gasteiger partial charge >= 0.3 is 0 Å². The van der Waals surface area contributed by atoms with Gasteiger partial charge in [-0.25, -0.2) is 19.9 Å². The molecule has 2 aliphatic rings. The lowest BCUT2D eigenvalue weighted by molar-refractivity contribution is -0.117. The molecule has 9 nitrogen and oxygen atoms in total. The molecule has 1 amide bonds. The number of hydrogen-bond acceptors (Lipinski definition) is 7. The van der Waals surface area contributed by atoms with Gasteiger partial charge in [0.25, 0.3) is 0 Å². The molecule has 0 aromatic carbocycles. The largest absolute Gasteiger partial charge is 0.342 e. The van der Waals surface area contributed by atoms with Crippen LogP contribution in [0.25, 0.3) is 17.6 Å². The first kappa shape index (κ1) is 15.9. The molecule has 136 valence electrons. The zero-order valence-electron chi connectivity index (χ0n) is 14.9. The van der Waals surface area contributed by atoms with Gasteiger partial charge in [-0.1, -0.05) is 0 Å². The van der Waals surface area contributed by atoms with Gasteiger partial charge in [-0.05, 0) is 25.3 Å². The zero-order valence-corrected chi connectivity index (χ0v) is 14.9. The summed E-state index contributed by atoms with van der Waals surface area (Å²) >= 11 is 0. The van der Waals surface area contributed by atoms with Gasteiger partial charge in [0, 0.05) is 37.9 Å². The molecule has 0 saturated heterocycles. The number of fused-ring (bicyclic) bond motifs is 1. The number of rotatable bonds is 3. The van der Waals surface area contributed by atoms with Crippen LogP contribution in [-0.2, 0) is 4.79 Å². The van der Waals surface area contributed by atoms with Gasteiger partial charge in [-0.15, -0.1) is 0 Å². The van der Waals surface area contributed by atoms with E-state index in [1.165, 1.54) is 6.42 Å². The van der Waals surface area contributed by atoms with Crippen molar-refractivity contribution in [1.82, 2.24) is 29.5 Å². The highest BCUT2D eigenvalue weighted by Crippen LogP contribution is 2.37. The van der Waals surface area contributed by atoms with Crippen molar-refractivity contribution in [3.8, 4) is 17.6 Å². The normalized spacial score (nSPS) is 17.0. The Bertz CT molecular complexity index is 998. The monoisotopic (exact) mass is 362 g/mol. The van der Waals surface area contributed by atoms with E-state index < -0.39 is 0 Å². The van der Waals surface area contributed by atoms with Crippen LogP contribution in [0.4, 0.5) is 11.5 Å². The lowest BCUT2D eigenvalue weighted by atomic mass is 9.91. The molecular weight excluding hydrogens is 344 g/mol. The highest BCUT2D eigenvalue weighted by Gasteiger charge is 2.35. The number of carbonyl (C=O) groups is 1. The van der Waals surface area contributed by atoms with Gasteiger partial charge in [0.1, 0.15) is 5.69 Å². The third-order valence-corrected chi connectivity index (χ3v) is 5.19. The van der Waals surface area contributed by atoms with Crippen molar-refractivity contribution in [1.29, 1.82) is 0 Å². The molecular formula is C18H18N8O. The summed E-state index contributed by atoms with van der Waals surface area (Å²) in [5, 5.41) is 0. The number of nitrogens with zero attached hydrogens (tertiary/aromatic N) is 8. The quantitative estimate of drug-likeness (QED) is 0.696. The van der Waals surface area contributed by atoms with E-state index in [1.54, 1.807) is 53.6 Å². The molecule has 1 aliphatic carbocycles. The molecule has 27 heavy (non-hydrogen) atoms. The summed E-state index contributed by atoms with van der Waals surface area (Å²) < 4.78 is 1.77. The lowest BCUT2D eigenvalue weighted by Gasteiger charge is -2.42. The zero-order chi connectivity index (χ0) is 18.4. The number of imidazole rings is 1. The molecule has 0 radical (unpaired) electrons. The second kappa shape index (κ2) is 6.11. The van der Waals surface area contributed by atoms with E-state index >= 15 is 0 Å². The van der Waals surface area contributed by atoms with Gasteiger partial charge < -0.3 is 9.80 Å². The fraction of sp³-hybridized carbons (Fsp3) is 0.333. The molecule has 1 fully saturated rings. The molecule has 5 rings (SSSR count). The lowest BCUT2D eigenvalue weighted by Crippen LogP contribution is -2.51. The fourth-order valence-electron chi connectivity index (χ4n) is 3.43. The SMILES string of the molecule is CN1C(=O)CN(C2CCC2)c2nc(-n3ccnc3-c3ncccn3)ncc21. The van der Waals surface area contributed by atoms with E-state index in [4.69, 9.17) is 4.98 Å². The van der Waals surface area contributed by atoms with E-state index in [0.29, 0.717) is 30.2 Å². The Morgan fingerprint density at radius 3 is 2.63 bits per heavy atom. The minimum atomic E-state index is 0.0618. The highest BCUT2D eigenvalue weighted by atomic mass is 16.2. The van der Waals surface area contributed by atoms with Crippen molar-refractivity contribution in [2.75, 3.05) is 23.4 Å². The van der Waals surface area contributed by atoms with E-state index in [0.717, 1.165) is 24.3 Å². The van der Waals surface area contributed by atoms with Crippen molar-refractivity contribution < 1.29 is 4.79 Å². The maximum Gasteiger partial charge on any atom is 0.246 e. The highest BCUT2D eigenvalue weighted by molar-refractivity contribution is 6.02. The molecule has 1 aliphatic heterocycles. The predicted molar refractivity (Wildman–Crippen MR) is 98.6 cm³/mol. The molecule has 0 unspecified atom stereocenters. The molecule has 9 heteroatoms. The Balaban J connectivity index is 1.60. The Hall–Kier alpha value is -3.36. The summed E-state index contributed by atoms with van der Waals surface area (Å²) in [6.45, 7) is 0.350. The number of carbonyl (C=O) groups excluding carboxylic acids is 1. The van der Waals surface area contributed by atoms with Crippen LogP contribution in [-0.4, -0.2) is 55.0 Å². The second-order valence-electron chi connectivity index (χ2n) is 6.74. The molecule has 0 atom stereocenters. The Kier molecular flexibility index (Phi) is 3.59. The van der Waals surface area contributed by atoms with Gasteiger partial charge in [0.15, 0.2) is 17.5 Å². The van der Waals surface area contributed by atoms with Crippen molar-refractivity contribution >= 4 is 17.4 Å². The maximum atomic E-state index is 12.4. The van der Waals surface area contributed by atoms with Crippen molar-refractivity contribution in [2.45, 2.75) is 25.3 Å². The van der Waals surface area contributed by atoms with Crippen LogP contribution in [0.5, 0.6) is 0 Å². The Morgan fingerprint density at radius 1 is 1.07 bits per heavy atom. The molecule has 3 aromatic heterocycles. The third-order valence-electron chi connectivity index (χ3n) is 5.19. The first-order valence-electron chi connectivity index (χ1n) is 8.94. The van der Waals surface area contributed by atoms with E-state index in [9.17, 15) is 4.79 Å². The third kappa shape index (κ3) is 2.54. The predicted octanol–water partition coefficient (Wildman–Crippen LogP) is 1.45. The minimum absolute atomic E-state index is 0.0618. The van der Waals surface area contributed by atoms with Gasteiger partial charge in [-0.2, -0.15) is 4.98 Å². The van der Waals surface area contributed by atoms with Crippen LogP contribution in [0, 0.1) is 0 Å². The van der Waals surface area contributed by atoms with Gasteiger partial charge in [0.05, 0.1) is 12.7 Å². The van der Waals surface area contributed by atoms with Gasteiger partial charge in [0.2, 0.25) is 11.9 Å². The molecule has 3 aromatic rings. The van der Waals surface area contributed by atoms with Crippen LogP contribution in [0.1, 0.15) is 19.3 Å². The summed E-state index contributed by atoms with van der Waals surface area (Å²) in [6, 6.07) is 2.12. The summed E-state index contributed by atoms with van der Waals surface area (Å²) in [4.78, 5) is 38.3. The van der Waals surface area contributed by atoms with Crippen LogP contribution in [0.3, 0.4) is 0 Å². The van der Waals surface area contributed by atoms with Crippen molar-refractivity contribution in [2.24, 2.45) is 0 Å². The smallest absolute Gasteiger partial charge is 0.246 e. The van der Waals surface area contributed by atoms with Crippen LogP contribution < -0.4 is 9.80 Å². The van der Waals surface area contributed by atoms with Crippen molar-refractivity contribution in [3.63, 3.8) is 0 Å².